The molecule has 0 aliphatic carbocycles. The van der Waals surface area contributed by atoms with E-state index in [9.17, 15) is 9.18 Å². The molecule has 1 aliphatic rings. The molecule has 2 aromatic carbocycles. The molecule has 1 aromatic heterocycles. The predicted octanol–water partition coefficient (Wildman–Crippen LogP) is 3.97. The van der Waals surface area contributed by atoms with Crippen molar-refractivity contribution in [1.29, 1.82) is 0 Å². The van der Waals surface area contributed by atoms with Gasteiger partial charge in [0.25, 0.3) is 0 Å². The molecular weight excluding hydrogens is 345 g/mol. The highest BCUT2D eigenvalue weighted by Gasteiger charge is 2.21. The molecule has 0 radical (unpaired) electrons. The molecule has 0 bridgehead atoms. The molecule has 27 heavy (non-hydrogen) atoms. The van der Waals surface area contributed by atoms with E-state index in [0.717, 1.165) is 42.6 Å². The number of nitrogens with zero attached hydrogens (tertiary/aromatic N) is 2. The lowest BCUT2D eigenvalue weighted by Gasteiger charge is -2.23. The maximum Gasteiger partial charge on any atom is 0.420 e. The van der Waals surface area contributed by atoms with Crippen LogP contribution in [0, 0.1) is 5.82 Å². The van der Waals surface area contributed by atoms with E-state index in [1.807, 2.05) is 18.2 Å². The number of rotatable bonds is 4. The molecule has 0 saturated carbocycles. The summed E-state index contributed by atoms with van der Waals surface area (Å²) in [5.41, 5.74) is 3.97. The van der Waals surface area contributed by atoms with Crippen molar-refractivity contribution in [3.63, 3.8) is 0 Å². The van der Waals surface area contributed by atoms with Crippen LogP contribution in [0.15, 0.2) is 50.6 Å². The lowest BCUT2D eigenvalue weighted by Crippen LogP contribution is -2.32. The Morgan fingerprint density at radius 1 is 1.26 bits per heavy atom. The monoisotopic (exact) mass is 367 g/mol. The summed E-state index contributed by atoms with van der Waals surface area (Å²) in [4.78, 5) is 16.7. The van der Waals surface area contributed by atoms with E-state index in [0.29, 0.717) is 17.7 Å². The number of benzene rings is 2. The summed E-state index contributed by atoms with van der Waals surface area (Å²) in [7, 11) is 0. The van der Waals surface area contributed by atoms with Gasteiger partial charge in [-0.3, -0.25) is 9.56 Å². The molecule has 1 aliphatic heterocycles. The highest BCUT2D eigenvalue weighted by molar-refractivity contribution is 5.74. The SMILES string of the molecule is CC=Nc1cc(F)ccc1Cc1ccc2c(c1)oc(=O)n2C1CCNCC1. The number of oxazole rings is 1. The van der Waals surface area contributed by atoms with Crippen LogP contribution in [0.25, 0.3) is 11.1 Å². The van der Waals surface area contributed by atoms with Crippen LogP contribution < -0.4 is 11.1 Å². The van der Waals surface area contributed by atoms with Gasteiger partial charge in [0.15, 0.2) is 5.58 Å². The Bertz CT molecular complexity index is 1050. The molecule has 1 fully saturated rings. The Hall–Kier alpha value is -2.73. The second-order valence-electron chi connectivity index (χ2n) is 6.86. The quantitative estimate of drug-likeness (QED) is 0.710. The van der Waals surface area contributed by atoms with Gasteiger partial charge in [-0.05, 0) is 74.7 Å². The van der Waals surface area contributed by atoms with Crippen molar-refractivity contribution < 1.29 is 8.81 Å². The first kappa shape index (κ1) is 17.7. The smallest absolute Gasteiger partial charge is 0.408 e. The van der Waals surface area contributed by atoms with Gasteiger partial charge in [0.1, 0.15) is 5.82 Å². The molecule has 2 heterocycles. The summed E-state index contributed by atoms with van der Waals surface area (Å²) in [5, 5.41) is 3.32. The third kappa shape index (κ3) is 3.57. The minimum absolute atomic E-state index is 0.174. The second kappa shape index (κ2) is 7.48. The van der Waals surface area contributed by atoms with Gasteiger partial charge >= 0.3 is 5.76 Å². The Balaban J connectivity index is 1.68. The van der Waals surface area contributed by atoms with Gasteiger partial charge < -0.3 is 9.73 Å². The standard InChI is InChI=1S/C21H22FN3O2/c1-2-24-18-13-16(22)5-4-15(18)11-14-3-6-19-20(12-14)27-21(26)25(19)17-7-9-23-10-8-17/h2-6,12-13,17,23H,7-11H2,1H3. The fraction of sp³-hybridized carbons (Fsp3) is 0.333. The van der Waals surface area contributed by atoms with Crippen LogP contribution in [0.5, 0.6) is 0 Å². The van der Waals surface area contributed by atoms with Gasteiger partial charge in [-0.15, -0.1) is 0 Å². The number of hydrogen-bond acceptors (Lipinski definition) is 4. The average Bonchev–Trinajstić information content (AvgIpc) is 3.00. The first-order valence-corrected chi connectivity index (χ1v) is 9.27. The number of hydrogen-bond donors (Lipinski definition) is 1. The van der Waals surface area contributed by atoms with Gasteiger partial charge in [0.05, 0.1) is 11.2 Å². The molecule has 0 amide bonds. The van der Waals surface area contributed by atoms with Crippen molar-refractivity contribution in [2.45, 2.75) is 32.2 Å². The molecule has 4 rings (SSSR count). The van der Waals surface area contributed by atoms with Crippen LogP contribution in [-0.4, -0.2) is 23.9 Å². The maximum atomic E-state index is 13.5. The molecule has 6 heteroatoms. The first-order chi connectivity index (χ1) is 13.2. The van der Waals surface area contributed by atoms with E-state index < -0.39 is 0 Å². The van der Waals surface area contributed by atoms with Gasteiger partial charge in [-0.2, -0.15) is 0 Å². The number of piperidine rings is 1. The van der Waals surface area contributed by atoms with Crippen LogP contribution in [0.4, 0.5) is 10.1 Å². The van der Waals surface area contributed by atoms with Crippen LogP contribution in [-0.2, 0) is 6.42 Å². The predicted molar refractivity (Wildman–Crippen MR) is 105 cm³/mol. The van der Waals surface area contributed by atoms with Crippen molar-refractivity contribution >= 4 is 23.0 Å². The van der Waals surface area contributed by atoms with Crippen LogP contribution in [0.1, 0.15) is 36.9 Å². The third-order valence-electron chi connectivity index (χ3n) is 5.06. The lowest BCUT2D eigenvalue weighted by atomic mass is 10.0. The Kier molecular flexibility index (Phi) is 4.90. The number of nitrogens with one attached hydrogen (secondary N) is 1. The lowest BCUT2D eigenvalue weighted by molar-refractivity contribution is 0.349. The van der Waals surface area contributed by atoms with Crippen molar-refractivity contribution in [2.75, 3.05) is 13.1 Å². The van der Waals surface area contributed by atoms with Crippen molar-refractivity contribution in [1.82, 2.24) is 9.88 Å². The number of aliphatic imine (C=N–C) groups is 1. The zero-order valence-electron chi connectivity index (χ0n) is 15.2. The van der Waals surface area contributed by atoms with Gasteiger partial charge in [-0.1, -0.05) is 12.1 Å². The summed E-state index contributed by atoms with van der Waals surface area (Å²) >= 11 is 0. The molecule has 1 N–H and O–H groups in total. The largest absolute Gasteiger partial charge is 0.420 e. The number of halogens is 1. The average molecular weight is 367 g/mol. The first-order valence-electron chi connectivity index (χ1n) is 9.27. The summed E-state index contributed by atoms with van der Waals surface area (Å²) in [6, 6.07) is 10.6. The molecule has 0 atom stereocenters. The van der Waals surface area contributed by atoms with Crippen LogP contribution >= 0.6 is 0 Å². The minimum atomic E-state index is -0.306. The van der Waals surface area contributed by atoms with Crippen molar-refractivity contribution in [2.24, 2.45) is 4.99 Å². The molecule has 5 nitrogen and oxygen atoms in total. The number of aromatic nitrogens is 1. The summed E-state index contributed by atoms with van der Waals surface area (Å²) in [6.07, 6.45) is 4.08. The van der Waals surface area contributed by atoms with Gasteiger partial charge in [-0.25, -0.2) is 9.18 Å². The highest BCUT2D eigenvalue weighted by atomic mass is 19.1. The zero-order chi connectivity index (χ0) is 18.8. The van der Waals surface area contributed by atoms with Crippen molar-refractivity contribution in [3.05, 3.63) is 63.9 Å². The van der Waals surface area contributed by atoms with E-state index in [1.165, 1.54) is 12.1 Å². The number of fused-ring (bicyclic) bond motifs is 1. The normalized spacial score (nSPS) is 15.8. The van der Waals surface area contributed by atoms with E-state index >= 15 is 0 Å². The molecule has 1 saturated heterocycles. The van der Waals surface area contributed by atoms with E-state index in [2.05, 4.69) is 10.3 Å². The van der Waals surface area contributed by atoms with E-state index in [1.54, 1.807) is 23.8 Å². The minimum Gasteiger partial charge on any atom is -0.408 e. The molecule has 0 spiro atoms. The fourth-order valence-electron chi connectivity index (χ4n) is 3.77. The summed E-state index contributed by atoms with van der Waals surface area (Å²) < 4.78 is 20.8. The van der Waals surface area contributed by atoms with E-state index in [4.69, 9.17) is 4.42 Å². The molecule has 3 aromatic rings. The Morgan fingerprint density at radius 2 is 2.07 bits per heavy atom. The highest BCUT2D eigenvalue weighted by Crippen LogP contribution is 2.27. The zero-order valence-corrected chi connectivity index (χ0v) is 15.2. The summed E-state index contributed by atoms with van der Waals surface area (Å²) in [5.74, 6) is -0.605. The molecule has 140 valence electrons. The Morgan fingerprint density at radius 3 is 2.85 bits per heavy atom. The van der Waals surface area contributed by atoms with E-state index in [-0.39, 0.29) is 17.6 Å². The van der Waals surface area contributed by atoms with Crippen molar-refractivity contribution in [3.8, 4) is 0 Å². The maximum absolute atomic E-state index is 13.5. The summed E-state index contributed by atoms with van der Waals surface area (Å²) in [6.45, 7) is 3.62. The fourth-order valence-corrected chi connectivity index (χ4v) is 3.77. The second-order valence-corrected chi connectivity index (χ2v) is 6.86. The topological polar surface area (TPSA) is 59.5 Å². The van der Waals surface area contributed by atoms with Gasteiger partial charge in [0.2, 0.25) is 0 Å². The van der Waals surface area contributed by atoms with Gasteiger partial charge in [0, 0.05) is 12.3 Å². The molecule has 0 unspecified atom stereocenters. The van der Waals surface area contributed by atoms with Crippen LogP contribution in [0.3, 0.4) is 0 Å². The van der Waals surface area contributed by atoms with Crippen LogP contribution in [0.2, 0.25) is 0 Å². The Labute approximate surface area is 156 Å². The third-order valence-corrected chi connectivity index (χ3v) is 5.06. The molecular formula is C21H22FN3O2.